The molecular formula is C28H28FN3O4S. The second kappa shape index (κ2) is 11.9. The number of aromatic nitrogens is 2. The van der Waals surface area contributed by atoms with Gasteiger partial charge in [-0.25, -0.2) is 14.4 Å². The van der Waals surface area contributed by atoms with Crippen LogP contribution in [0.4, 0.5) is 10.2 Å². The first kappa shape index (κ1) is 26.2. The van der Waals surface area contributed by atoms with E-state index in [1.807, 2.05) is 38.1 Å². The summed E-state index contributed by atoms with van der Waals surface area (Å²) < 4.78 is 21.8. The number of ketones is 1. The van der Waals surface area contributed by atoms with Crippen LogP contribution >= 0.6 is 11.3 Å². The Morgan fingerprint density at radius 3 is 2.59 bits per heavy atom. The molecule has 0 spiro atoms. The molecule has 0 radical (unpaired) electrons. The Bertz CT molecular complexity index is 1350. The monoisotopic (exact) mass is 521 g/mol. The fourth-order valence-corrected chi connectivity index (χ4v) is 4.70. The molecule has 4 aromatic rings. The minimum atomic E-state index is -0.917. The second-order valence-electron chi connectivity index (χ2n) is 9.04. The number of hydrogen-bond acceptors (Lipinski definition) is 7. The lowest BCUT2D eigenvalue weighted by Gasteiger charge is -2.23. The second-order valence-corrected chi connectivity index (χ2v) is 10.1. The fourth-order valence-electron chi connectivity index (χ4n) is 3.71. The van der Waals surface area contributed by atoms with Crippen LogP contribution in [-0.2, 0) is 4.79 Å². The van der Waals surface area contributed by atoms with E-state index in [-0.39, 0.29) is 37.2 Å². The van der Waals surface area contributed by atoms with Crippen molar-refractivity contribution in [2.24, 2.45) is 5.92 Å². The van der Waals surface area contributed by atoms with Crippen LogP contribution in [0.5, 0.6) is 5.75 Å². The Balaban J connectivity index is 1.36. The van der Waals surface area contributed by atoms with Gasteiger partial charge in [0.2, 0.25) is 0 Å². The summed E-state index contributed by atoms with van der Waals surface area (Å²) >= 11 is 1.45. The lowest BCUT2D eigenvalue weighted by molar-refractivity contribution is -0.137. The van der Waals surface area contributed by atoms with Gasteiger partial charge in [-0.05, 0) is 48.7 Å². The number of ether oxygens (including phenoxy) is 1. The van der Waals surface area contributed by atoms with Crippen LogP contribution in [0.1, 0.15) is 43.5 Å². The van der Waals surface area contributed by atoms with Crippen LogP contribution in [0.15, 0.2) is 60.8 Å². The highest BCUT2D eigenvalue weighted by molar-refractivity contribution is 7.21. The summed E-state index contributed by atoms with van der Waals surface area (Å²) in [5.74, 6) is -0.256. The number of anilines is 1. The minimum absolute atomic E-state index is 0.0382. The van der Waals surface area contributed by atoms with E-state index in [1.165, 1.54) is 23.6 Å². The number of aliphatic carboxylic acids is 1. The average molecular weight is 522 g/mol. The summed E-state index contributed by atoms with van der Waals surface area (Å²) in [6, 6.07) is 15.8. The number of benzene rings is 2. The number of halogens is 1. The highest BCUT2D eigenvalue weighted by atomic mass is 32.1. The van der Waals surface area contributed by atoms with Crippen LogP contribution in [0.3, 0.4) is 0 Å². The molecule has 2 aromatic heterocycles. The van der Waals surface area contributed by atoms with Gasteiger partial charge in [0.1, 0.15) is 29.0 Å². The number of carboxylic acids is 1. The van der Waals surface area contributed by atoms with E-state index >= 15 is 0 Å². The van der Waals surface area contributed by atoms with Crippen molar-refractivity contribution in [1.82, 2.24) is 9.97 Å². The maximum Gasteiger partial charge on any atom is 0.303 e. The molecule has 4 rings (SSSR count). The van der Waals surface area contributed by atoms with Crippen molar-refractivity contribution in [3.63, 3.8) is 0 Å². The van der Waals surface area contributed by atoms with E-state index in [4.69, 9.17) is 9.84 Å². The number of hydrogen-bond donors (Lipinski definition) is 2. The molecule has 0 amide bonds. The molecule has 192 valence electrons. The Labute approximate surface area is 218 Å². The van der Waals surface area contributed by atoms with Gasteiger partial charge in [0.05, 0.1) is 16.3 Å². The smallest absolute Gasteiger partial charge is 0.303 e. The molecule has 0 bridgehead atoms. The van der Waals surface area contributed by atoms with Crippen LogP contribution < -0.4 is 10.1 Å². The third-order valence-electron chi connectivity index (χ3n) is 5.91. The number of carbonyl (C=O) groups excluding carboxylic acids is 1. The van der Waals surface area contributed by atoms with Gasteiger partial charge in [-0.2, -0.15) is 0 Å². The first-order valence-electron chi connectivity index (χ1n) is 12.1. The summed E-state index contributed by atoms with van der Waals surface area (Å²) in [6.07, 6.45) is 1.91. The number of nitrogens with zero attached hydrogens (tertiary/aromatic N) is 2. The molecule has 0 aliphatic carbocycles. The Morgan fingerprint density at radius 1 is 1.11 bits per heavy atom. The minimum Gasteiger partial charge on any atom is -0.491 e. The summed E-state index contributed by atoms with van der Waals surface area (Å²) in [7, 11) is 0. The number of pyridine rings is 1. The van der Waals surface area contributed by atoms with Crippen molar-refractivity contribution >= 4 is 39.1 Å². The first-order valence-corrected chi connectivity index (χ1v) is 12.9. The van der Waals surface area contributed by atoms with Crippen LogP contribution in [0.25, 0.3) is 20.8 Å². The van der Waals surface area contributed by atoms with Crippen molar-refractivity contribution in [1.29, 1.82) is 0 Å². The predicted molar refractivity (Wildman–Crippen MR) is 143 cm³/mol. The number of nitrogens with one attached hydrogen (secondary N) is 1. The number of carbonyl (C=O) groups is 2. The Kier molecular flexibility index (Phi) is 8.45. The molecule has 9 heteroatoms. The van der Waals surface area contributed by atoms with Crippen molar-refractivity contribution in [2.75, 3.05) is 11.9 Å². The van der Waals surface area contributed by atoms with Gasteiger partial charge < -0.3 is 15.2 Å². The average Bonchev–Trinajstić information content (AvgIpc) is 3.30. The summed E-state index contributed by atoms with van der Waals surface area (Å²) in [4.78, 5) is 31.7. The van der Waals surface area contributed by atoms with E-state index in [9.17, 15) is 14.0 Å². The summed E-state index contributed by atoms with van der Waals surface area (Å²) in [5, 5.41) is 12.7. The largest absolute Gasteiger partial charge is 0.491 e. The van der Waals surface area contributed by atoms with Crippen molar-refractivity contribution in [2.45, 2.75) is 39.2 Å². The lowest BCUT2D eigenvalue weighted by atomic mass is 10.0. The maximum atomic E-state index is 14.9. The molecule has 0 aliphatic rings. The molecule has 2 N–H and O–H groups in total. The molecule has 0 saturated heterocycles. The van der Waals surface area contributed by atoms with Crippen molar-refractivity contribution in [3.8, 4) is 16.3 Å². The quantitative estimate of drug-likeness (QED) is 0.207. The highest BCUT2D eigenvalue weighted by Gasteiger charge is 2.17. The Morgan fingerprint density at radius 2 is 1.92 bits per heavy atom. The molecule has 1 atom stereocenters. The third-order valence-corrected chi connectivity index (χ3v) is 6.98. The summed E-state index contributed by atoms with van der Waals surface area (Å²) in [6.45, 7) is 4.37. The van der Waals surface area contributed by atoms with E-state index in [2.05, 4.69) is 15.3 Å². The molecule has 2 aromatic carbocycles. The molecule has 37 heavy (non-hydrogen) atoms. The van der Waals surface area contributed by atoms with Crippen molar-refractivity contribution in [3.05, 3.63) is 72.2 Å². The Hall–Kier alpha value is -3.85. The molecule has 0 unspecified atom stereocenters. The number of carboxylic acid groups (broad SMARTS) is 1. The van der Waals surface area contributed by atoms with Crippen LogP contribution in [0.2, 0.25) is 0 Å². The molecule has 0 aliphatic heterocycles. The van der Waals surface area contributed by atoms with Gasteiger partial charge in [0.15, 0.2) is 5.78 Å². The lowest BCUT2D eigenvalue weighted by Crippen LogP contribution is -2.32. The number of rotatable bonds is 12. The molecule has 2 heterocycles. The fraction of sp³-hybridized carbons (Fsp3) is 0.286. The zero-order chi connectivity index (χ0) is 26.4. The van der Waals surface area contributed by atoms with Gasteiger partial charge in [0.25, 0.3) is 0 Å². The van der Waals surface area contributed by atoms with Gasteiger partial charge >= 0.3 is 5.97 Å². The summed E-state index contributed by atoms with van der Waals surface area (Å²) in [5.41, 5.74) is 1.73. The number of thiazole rings is 1. The van der Waals surface area contributed by atoms with Gasteiger partial charge in [-0.1, -0.05) is 26.0 Å². The SMILES string of the molecule is CC(C)[C@@H](COc1ccc(-c2nc3ccccc3s2)c(F)c1)Nc1ccc(C(=O)CCCC(=O)O)cn1. The van der Waals surface area contributed by atoms with Crippen LogP contribution in [-0.4, -0.2) is 39.5 Å². The highest BCUT2D eigenvalue weighted by Crippen LogP contribution is 2.33. The number of para-hydroxylation sites is 1. The predicted octanol–water partition coefficient (Wildman–Crippen LogP) is 6.45. The number of Topliss-reactive ketones (excluding diaryl/α,β-unsaturated/α-hetero) is 1. The normalized spacial score (nSPS) is 12.0. The topological polar surface area (TPSA) is 101 Å². The molecule has 7 nitrogen and oxygen atoms in total. The van der Waals surface area contributed by atoms with E-state index in [1.54, 1.807) is 24.3 Å². The molecule has 0 fully saturated rings. The van der Waals surface area contributed by atoms with Gasteiger partial charge in [-0.15, -0.1) is 11.3 Å². The zero-order valence-corrected chi connectivity index (χ0v) is 21.4. The van der Waals surface area contributed by atoms with Crippen molar-refractivity contribution < 1.29 is 23.8 Å². The first-order chi connectivity index (χ1) is 17.8. The van der Waals surface area contributed by atoms with E-state index < -0.39 is 11.8 Å². The van der Waals surface area contributed by atoms with Gasteiger partial charge in [-0.3, -0.25) is 9.59 Å². The molecule has 0 saturated carbocycles. The standard InChI is InChI=1S/C28H28FN3O4S/c1-17(2)23(31-26-13-10-18(15-30-26)24(33)7-5-9-27(34)35)16-36-19-11-12-20(21(29)14-19)28-32-22-6-3-4-8-25(22)37-28/h3-4,6,8,10-15,17,23H,5,7,9,16H2,1-2H3,(H,30,31)(H,34,35)/t23-/m1/s1. The maximum absolute atomic E-state index is 14.9. The van der Waals surface area contributed by atoms with E-state index in [0.29, 0.717) is 34.1 Å². The van der Waals surface area contributed by atoms with E-state index in [0.717, 1.165) is 10.2 Å². The number of fused-ring (bicyclic) bond motifs is 1. The van der Waals surface area contributed by atoms with Crippen LogP contribution in [0, 0.1) is 11.7 Å². The zero-order valence-electron chi connectivity index (χ0n) is 20.6. The third kappa shape index (κ3) is 6.89. The van der Waals surface area contributed by atoms with Gasteiger partial charge in [0, 0.05) is 36.2 Å². The molecular weight excluding hydrogens is 493 g/mol.